The van der Waals surface area contributed by atoms with Crippen molar-refractivity contribution in [1.29, 1.82) is 0 Å². The average molecular weight is 360 g/mol. The van der Waals surface area contributed by atoms with E-state index < -0.39 is 31.0 Å². The van der Waals surface area contributed by atoms with Crippen LogP contribution in [0, 0.1) is 0 Å². The first kappa shape index (κ1) is 20.1. The summed E-state index contributed by atoms with van der Waals surface area (Å²) in [7, 11) is 1.41. The Hall–Kier alpha value is -2.91. The van der Waals surface area contributed by atoms with Crippen molar-refractivity contribution in [1.82, 2.24) is 10.6 Å². The molecule has 2 amide bonds. The molecule has 0 aliphatic rings. The summed E-state index contributed by atoms with van der Waals surface area (Å²) in [4.78, 5) is 34.3. The van der Waals surface area contributed by atoms with Crippen LogP contribution in [-0.2, 0) is 14.3 Å². The Balaban J connectivity index is 2.67. The van der Waals surface area contributed by atoms with Crippen LogP contribution in [0.5, 0.6) is 11.5 Å². The lowest BCUT2D eigenvalue weighted by atomic mass is 10.2. The summed E-state index contributed by atoms with van der Waals surface area (Å²) in [6.45, 7) is -2.09. The minimum absolute atomic E-state index is 0.0100. The molecule has 0 unspecified atom stereocenters. The molecule has 0 heterocycles. The zero-order valence-electron chi connectivity index (χ0n) is 13.6. The van der Waals surface area contributed by atoms with Gasteiger partial charge >= 0.3 is 12.6 Å². The highest BCUT2D eigenvalue weighted by Crippen LogP contribution is 2.30. The number of amides is 2. The Morgan fingerprint density at radius 2 is 1.88 bits per heavy atom. The van der Waals surface area contributed by atoms with E-state index >= 15 is 0 Å². The molecule has 1 rings (SSSR count). The second-order valence-electron chi connectivity index (χ2n) is 4.50. The van der Waals surface area contributed by atoms with Gasteiger partial charge in [-0.25, -0.2) is 4.79 Å². The molecule has 2 N–H and O–H groups in total. The van der Waals surface area contributed by atoms with Crippen LogP contribution < -0.4 is 20.1 Å². The van der Waals surface area contributed by atoms with Crippen LogP contribution in [0.2, 0.25) is 0 Å². The number of esters is 1. The van der Waals surface area contributed by atoms with Crippen LogP contribution >= 0.6 is 0 Å². The lowest BCUT2D eigenvalue weighted by molar-refractivity contribution is -0.127. The number of alkyl halides is 2. The number of carbonyl (C=O) groups is 3. The molecule has 0 radical (unpaired) electrons. The Kier molecular flexibility index (Phi) is 8.10. The van der Waals surface area contributed by atoms with E-state index in [-0.39, 0.29) is 30.2 Å². The summed E-state index contributed by atoms with van der Waals surface area (Å²) >= 11 is 0. The van der Waals surface area contributed by atoms with E-state index in [0.717, 1.165) is 6.07 Å². The molecule has 138 valence electrons. The number of carbonyl (C=O) groups excluding carboxylic acids is 3. The number of hydrogen-bond acceptors (Lipinski definition) is 6. The van der Waals surface area contributed by atoms with E-state index in [1.165, 1.54) is 19.2 Å². The van der Waals surface area contributed by atoms with Gasteiger partial charge in [0.2, 0.25) is 5.91 Å². The molecule has 1 aromatic rings. The SMILES string of the molecule is CCOc1cc(C(=O)OCC(=O)NCC(=O)NC)ccc1OC(F)F. The van der Waals surface area contributed by atoms with Crippen molar-refractivity contribution < 1.29 is 37.4 Å². The summed E-state index contributed by atoms with van der Waals surface area (Å²) in [5, 5.41) is 4.55. The first-order valence-corrected chi connectivity index (χ1v) is 7.23. The van der Waals surface area contributed by atoms with Crippen LogP contribution in [0.25, 0.3) is 0 Å². The molecule has 25 heavy (non-hydrogen) atoms. The molecule has 1 aromatic carbocycles. The standard InChI is InChI=1S/C15H18F2N2O6/c1-3-23-11-6-9(4-5-10(11)25-15(16)17)14(22)24-8-13(21)19-7-12(20)18-2/h4-6,15H,3,7-8H2,1-2H3,(H,18,20)(H,19,21). The van der Waals surface area contributed by atoms with Crippen LogP contribution in [-0.4, -0.2) is 51.2 Å². The molecular formula is C15H18F2N2O6. The number of rotatable bonds is 9. The molecule has 8 nitrogen and oxygen atoms in total. The van der Waals surface area contributed by atoms with Gasteiger partial charge < -0.3 is 24.8 Å². The fourth-order valence-corrected chi connectivity index (χ4v) is 1.63. The van der Waals surface area contributed by atoms with Gasteiger partial charge in [-0.2, -0.15) is 8.78 Å². The van der Waals surface area contributed by atoms with Crippen molar-refractivity contribution in [2.45, 2.75) is 13.5 Å². The van der Waals surface area contributed by atoms with Gasteiger partial charge in [0.25, 0.3) is 5.91 Å². The van der Waals surface area contributed by atoms with E-state index in [1.807, 2.05) is 0 Å². The minimum Gasteiger partial charge on any atom is -0.490 e. The van der Waals surface area contributed by atoms with Gasteiger partial charge in [-0.05, 0) is 25.1 Å². The molecule has 0 fully saturated rings. The summed E-state index contributed by atoms with van der Waals surface area (Å²) in [6, 6.07) is 3.51. The van der Waals surface area contributed by atoms with Gasteiger partial charge in [-0.3, -0.25) is 9.59 Å². The van der Waals surface area contributed by atoms with Crippen molar-refractivity contribution in [2.24, 2.45) is 0 Å². The topological polar surface area (TPSA) is 103 Å². The van der Waals surface area contributed by atoms with Gasteiger partial charge in [0.05, 0.1) is 18.7 Å². The zero-order valence-corrected chi connectivity index (χ0v) is 13.6. The number of ether oxygens (including phenoxy) is 3. The maximum atomic E-state index is 12.3. The summed E-state index contributed by atoms with van der Waals surface area (Å²) < 4.78 is 38.9. The highest BCUT2D eigenvalue weighted by molar-refractivity contribution is 5.92. The monoisotopic (exact) mass is 360 g/mol. The first-order chi connectivity index (χ1) is 11.9. The van der Waals surface area contributed by atoms with Crippen LogP contribution in [0.3, 0.4) is 0 Å². The smallest absolute Gasteiger partial charge is 0.387 e. The summed E-state index contributed by atoms with van der Waals surface area (Å²) in [5.41, 5.74) is -0.0100. The molecule has 0 saturated heterocycles. The van der Waals surface area contributed by atoms with Gasteiger partial charge in [0, 0.05) is 7.05 Å². The second kappa shape index (κ2) is 10.1. The Labute approximate surface area is 142 Å². The van der Waals surface area contributed by atoms with Crippen LogP contribution in [0.15, 0.2) is 18.2 Å². The normalized spacial score (nSPS) is 10.1. The highest BCUT2D eigenvalue weighted by atomic mass is 19.3. The van der Waals surface area contributed by atoms with Crippen LogP contribution in [0.1, 0.15) is 17.3 Å². The predicted molar refractivity (Wildman–Crippen MR) is 81.6 cm³/mol. The molecule has 10 heteroatoms. The molecule has 0 aliphatic carbocycles. The van der Waals surface area contributed by atoms with Crippen LogP contribution in [0.4, 0.5) is 8.78 Å². The predicted octanol–water partition coefficient (Wildman–Crippen LogP) is 0.706. The van der Waals surface area contributed by atoms with Crippen molar-refractivity contribution in [3.8, 4) is 11.5 Å². The van der Waals surface area contributed by atoms with E-state index in [9.17, 15) is 23.2 Å². The fourth-order valence-electron chi connectivity index (χ4n) is 1.63. The van der Waals surface area contributed by atoms with Crippen molar-refractivity contribution in [3.05, 3.63) is 23.8 Å². The molecular weight excluding hydrogens is 342 g/mol. The third-order valence-electron chi connectivity index (χ3n) is 2.75. The van der Waals surface area contributed by atoms with Gasteiger partial charge in [0.15, 0.2) is 18.1 Å². The fraction of sp³-hybridized carbons (Fsp3) is 0.400. The van der Waals surface area contributed by atoms with Gasteiger partial charge in [-0.1, -0.05) is 0 Å². The quantitative estimate of drug-likeness (QED) is 0.629. The number of halogens is 2. The van der Waals surface area contributed by atoms with Gasteiger partial charge in [-0.15, -0.1) is 0 Å². The Bertz CT molecular complexity index is 624. The van der Waals surface area contributed by atoms with E-state index in [4.69, 9.17) is 9.47 Å². The number of likely N-dealkylation sites (N-methyl/N-ethyl adjacent to an activating group) is 1. The number of nitrogens with one attached hydrogen (secondary N) is 2. The lowest BCUT2D eigenvalue weighted by Gasteiger charge is -2.12. The maximum Gasteiger partial charge on any atom is 0.387 e. The van der Waals surface area contributed by atoms with E-state index in [2.05, 4.69) is 15.4 Å². The van der Waals surface area contributed by atoms with E-state index in [1.54, 1.807) is 6.92 Å². The van der Waals surface area contributed by atoms with Crippen molar-refractivity contribution >= 4 is 17.8 Å². The molecule has 0 spiro atoms. The van der Waals surface area contributed by atoms with Crippen molar-refractivity contribution in [2.75, 3.05) is 26.8 Å². The molecule has 0 aromatic heterocycles. The molecule has 0 aliphatic heterocycles. The average Bonchev–Trinajstić information content (AvgIpc) is 2.58. The number of benzene rings is 1. The first-order valence-electron chi connectivity index (χ1n) is 7.23. The zero-order chi connectivity index (χ0) is 18.8. The lowest BCUT2D eigenvalue weighted by Crippen LogP contribution is -2.37. The number of hydrogen-bond donors (Lipinski definition) is 2. The minimum atomic E-state index is -3.04. The second-order valence-corrected chi connectivity index (χ2v) is 4.50. The third-order valence-corrected chi connectivity index (χ3v) is 2.75. The Morgan fingerprint density at radius 1 is 1.16 bits per heavy atom. The summed E-state index contributed by atoms with van der Waals surface area (Å²) in [5.74, 6) is -2.21. The molecule has 0 atom stereocenters. The van der Waals surface area contributed by atoms with Gasteiger partial charge in [0.1, 0.15) is 0 Å². The molecule has 0 bridgehead atoms. The maximum absolute atomic E-state index is 12.3. The Morgan fingerprint density at radius 3 is 2.48 bits per heavy atom. The third kappa shape index (κ3) is 7.02. The van der Waals surface area contributed by atoms with Crippen molar-refractivity contribution in [3.63, 3.8) is 0 Å². The highest BCUT2D eigenvalue weighted by Gasteiger charge is 2.16. The molecule has 0 saturated carbocycles. The summed E-state index contributed by atoms with van der Waals surface area (Å²) in [6.07, 6.45) is 0. The largest absolute Gasteiger partial charge is 0.490 e. The van der Waals surface area contributed by atoms with E-state index in [0.29, 0.717) is 0 Å².